The number of benzene rings is 1. The van der Waals surface area contributed by atoms with Crippen LogP contribution in [0.25, 0.3) is 0 Å². The third-order valence-corrected chi connectivity index (χ3v) is 6.97. The van der Waals surface area contributed by atoms with E-state index < -0.39 is 10.0 Å². The molecule has 2 amide bonds. The van der Waals surface area contributed by atoms with Crippen molar-refractivity contribution in [1.82, 2.24) is 14.1 Å². The Labute approximate surface area is 154 Å². The summed E-state index contributed by atoms with van der Waals surface area (Å²) >= 11 is 0. The Hall–Kier alpha value is -1.93. The summed E-state index contributed by atoms with van der Waals surface area (Å²) in [6.07, 6.45) is 5.08. The lowest BCUT2D eigenvalue weighted by atomic mass is 10.2. The van der Waals surface area contributed by atoms with Crippen molar-refractivity contribution in [2.45, 2.75) is 30.6 Å². The van der Waals surface area contributed by atoms with Gasteiger partial charge in [0.25, 0.3) is 5.91 Å². The van der Waals surface area contributed by atoms with Gasteiger partial charge in [0.2, 0.25) is 16.4 Å². The van der Waals surface area contributed by atoms with Crippen molar-refractivity contribution in [3.8, 4) is 0 Å². The van der Waals surface area contributed by atoms with Crippen molar-refractivity contribution in [2.75, 3.05) is 39.3 Å². The fraction of sp³-hybridized carbons (Fsp3) is 0.556. The summed E-state index contributed by atoms with van der Waals surface area (Å²) < 4.78 is 26.9. The van der Waals surface area contributed by atoms with Crippen LogP contribution in [-0.4, -0.2) is 74.1 Å². The Morgan fingerprint density at radius 2 is 1.42 bits per heavy atom. The number of rotatable bonds is 4. The Morgan fingerprint density at radius 3 is 1.96 bits per heavy atom. The van der Waals surface area contributed by atoms with Crippen molar-refractivity contribution >= 4 is 22.3 Å². The van der Waals surface area contributed by atoms with Gasteiger partial charge in [0.15, 0.2) is 0 Å². The molecule has 0 saturated carbocycles. The molecule has 0 atom stereocenters. The molecule has 0 radical (unpaired) electrons. The van der Waals surface area contributed by atoms with Crippen LogP contribution in [0.4, 0.5) is 0 Å². The smallest absolute Gasteiger partial charge is 0.253 e. The van der Waals surface area contributed by atoms with Gasteiger partial charge in [-0.15, -0.1) is 0 Å². The number of piperazine rings is 1. The first kappa shape index (κ1) is 18.8. The van der Waals surface area contributed by atoms with E-state index in [0.717, 1.165) is 45.2 Å². The van der Waals surface area contributed by atoms with Gasteiger partial charge >= 0.3 is 0 Å². The van der Waals surface area contributed by atoms with Gasteiger partial charge in [0.1, 0.15) is 0 Å². The molecule has 1 aromatic rings. The van der Waals surface area contributed by atoms with E-state index in [-0.39, 0.29) is 23.9 Å². The number of amides is 2. The minimum absolute atomic E-state index is 0.0320. The van der Waals surface area contributed by atoms with Crippen LogP contribution < -0.4 is 0 Å². The Balaban J connectivity index is 1.70. The van der Waals surface area contributed by atoms with E-state index in [9.17, 15) is 18.0 Å². The highest BCUT2D eigenvalue weighted by atomic mass is 32.2. The van der Waals surface area contributed by atoms with Gasteiger partial charge in [-0.25, -0.2) is 8.42 Å². The maximum absolute atomic E-state index is 12.7. The fourth-order valence-electron chi connectivity index (χ4n) is 3.42. The second kappa shape index (κ2) is 8.18. The first-order chi connectivity index (χ1) is 12.5. The van der Waals surface area contributed by atoms with Crippen LogP contribution in [0.2, 0.25) is 0 Å². The molecule has 26 heavy (non-hydrogen) atoms. The molecule has 142 valence electrons. The average molecular weight is 379 g/mol. The van der Waals surface area contributed by atoms with Gasteiger partial charge in [-0.3, -0.25) is 9.59 Å². The molecule has 3 rings (SSSR count). The van der Waals surface area contributed by atoms with Crippen LogP contribution >= 0.6 is 0 Å². The standard InChI is InChI=1S/C18H25N3O4S/c22-15-19-11-13-21(14-12-19)26(24,25)17-7-5-16(6-8-17)18(23)20-9-3-1-2-4-10-20/h5-8,15H,1-4,9-14H2. The molecule has 8 heteroatoms. The molecule has 0 bridgehead atoms. The molecule has 0 aromatic heterocycles. The number of hydrogen-bond acceptors (Lipinski definition) is 4. The zero-order valence-corrected chi connectivity index (χ0v) is 15.7. The zero-order chi connectivity index (χ0) is 18.6. The van der Waals surface area contributed by atoms with Crippen LogP contribution in [-0.2, 0) is 14.8 Å². The fourth-order valence-corrected chi connectivity index (χ4v) is 4.85. The number of nitrogens with zero attached hydrogens (tertiary/aromatic N) is 3. The SMILES string of the molecule is O=CN1CCN(S(=O)(=O)c2ccc(C(=O)N3CCCCCC3)cc2)CC1. The van der Waals surface area contributed by atoms with Crippen molar-refractivity contribution in [3.05, 3.63) is 29.8 Å². The monoisotopic (exact) mass is 379 g/mol. The molecule has 2 fully saturated rings. The summed E-state index contributed by atoms with van der Waals surface area (Å²) in [4.78, 5) is 27.0. The maximum Gasteiger partial charge on any atom is 0.253 e. The number of likely N-dealkylation sites (tertiary alicyclic amines) is 1. The predicted molar refractivity (Wildman–Crippen MR) is 97.2 cm³/mol. The third-order valence-electron chi connectivity index (χ3n) is 5.05. The molecular weight excluding hydrogens is 354 g/mol. The second-order valence-corrected chi connectivity index (χ2v) is 8.71. The molecule has 0 aliphatic carbocycles. The molecular formula is C18H25N3O4S. The van der Waals surface area contributed by atoms with Crippen molar-refractivity contribution < 1.29 is 18.0 Å². The quantitative estimate of drug-likeness (QED) is 0.736. The molecule has 0 spiro atoms. The van der Waals surface area contributed by atoms with Crippen LogP contribution in [0.15, 0.2) is 29.2 Å². The first-order valence-electron chi connectivity index (χ1n) is 9.11. The van der Waals surface area contributed by atoms with Crippen molar-refractivity contribution in [3.63, 3.8) is 0 Å². The second-order valence-electron chi connectivity index (χ2n) is 6.78. The van der Waals surface area contributed by atoms with Gasteiger partial charge in [0.05, 0.1) is 4.90 Å². The van der Waals surface area contributed by atoms with Crippen LogP contribution in [0.1, 0.15) is 36.0 Å². The van der Waals surface area contributed by atoms with E-state index in [0.29, 0.717) is 18.7 Å². The Morgan fingerprint density at radius 1 is 0.846 bits per heavy atom. The molecule has 0 N–H and O–H groups in total. The van der Waals surface area contributed by atoms with Crippen LogP contribution in [0.3, 0.4) is 0 Å². The summed E-state index contributed by atoms with van der Waals surface area (Å²) in [5.41, 5.74) is 0.525. The number of sulfonamides is 1. The van der Waals surface area contributed by atoms with Crippen molar-refractivity contribution in [2.24, 2.45) is 0 Å². The molecule has 2 aliphatic heterocycles. The topological polar surface area (TPSA) is 78.0 Å². The van der Waals surface area contributed by atoms with Gasteiger partial charge in [-0.2, -0.15) is 4.31 Å². The van der Waals surface area contributed by atoms with Crippen LogP contribution in [0, 0.1) is 0 Å². The molecule has 0 unspecified atom stereocenters. The molecule has 2 saturated heterocycles. The zero-order valence-electron chi connectivity index (χ0n) is 14.8. The van der Waals surface area contributed by atoms with E-state index in [1.54, 1.807) is 17.0 Å². The minimum Gasteiger partial charge on any atom is -0.343 e. The van der Waals surface area contributed by atoms with E-state index in [1.807, 2.05) is 4.90 Å². The van der Waals surface area contributed by atoms with E-state index in [4.69, 9.17) is 0 Å². The summed E-state index contributed by atoms with van der Waals surface area (Å²) in [6, 6.07) is 6.21. The highest BCUT2D eigenvalue weighted by molar-refractivity contribution is 7.89. The first-order valence-corrected chi connectivity index (χ1v) is 10.6. The highest BCUT2D eigenvalue weighted by Gasteiger charge is 2.28. The van der Waals surface area contributed by atoms with Gasteiger partial charge < -0.3 is 9.80 Å². The third kappa shape index (κ3) is 4.07. The maximum atomic E-state index is 12.7. The summed E-state index contributed by atoms with van der Waals surface area (Å²) in [5, 5.41) is 0. The van der Waals surface area contributed by atoms with Gasteiger partial charge in [-0.1, -0.05) is 12.8 Å². The largest absolute Gasteiger partial charge is 0.343 e. The lowest BCUT2D eigenvalue weighted by molar-refractivity contribution is -0.119. The van der Waals surface area contributed by atoms with Gasteiger partial charge in [-0.05, 0) is 37.1 Å². The Bertz CT molecular complexity index is 732. The predicted octanol–water partition coefficient (Wildman–Crippen LogP) is 1.17. The number of carbonyl (C=O) groups is 2. The lowest BCUT2D eigenvalue weighted by Gasteiger charge is -2.31. The van der Waals surface area contributed by atoms with E-state index >= 15 is 0 Å². The normalized spacial score (nSPS) is 19.8. The summed E-state index contributed by atoms with van der Waals surface area (Å²) in [5.74, 6) is -0.0320. The number of hydrogen-bond donors (Lipinski definition) is 0. The lowest BCUT2D eigenvalue weighted by Crippen LogP contribution is -2.47. The summed E-state index contributed by atoms with van der Waals surface area (Å²) in [7, 11) is -3.60. The average Bonchev–Trinajstić information content (AvgIpc) is 2.97. The number of carbonyl (C=O) groups excluding carboxylic acids is 2. The summed E-state index contributed by atoms with van der Waals surface area (Å²) in [6.45, 7) is 2.90. The minimum atomic E-state index is -3.60. The highest BCUT2D eigenvalue weighted by Crippen LogP contribution is 2.19. The Kier molecular flexibility index (Phi) is 5.93. The van der Waals surface area contributed by atoms with E-state index in [2.05, 4.69) is 0 Å². The molecule has 2 aliphatic rings. The van der Waals surface area contributed by atoms with E-state index in [1.165, 1.54) is 16.4 Å². The van der Waals surface area contributed by atoms with Gasteiger partial charge in [0, 0.05) is 44.8 Å². The van der Waals surface area contributed by atoms with Crippen molar-refractivity contribution in [1.29, 1.82) is 0 Å². The molecule has 2 heterocycles. The van der Waals surface area contributed by atoms with Crippen LogP contribution in [0.5, 0.6) is 0 Å². The molecule has 1 aromatic carbocycles. The molecule has 7 nitrogen and oxygen atoms in total.